The summed E-state index contributed by atoms with van der Waals surface area (Å²) >= 11 is 0.817. The Morgan fingerprint density at radius 1 is 1.12 bits per heavy atom. The van der Waals surface area contributed by atoms with Crippen LogP contribution in [0.15, 0.2) is 18.2 Å². The largest absolute Gasteiger partial charge is 0.395 e. The minimum absolute atomic E-state index is 0.0590. The van der Waals surface area contributed by atoms with Gasteiger partial charge < -0.3 is 16.8 Å². The van der Waals surface area contributed by atoms with E-state index in [1.165, 1.54) is 4.90 Å². The standard InChI is InChI=1S/C24H35N5O3S/c1-13(2)9-10-27-23(31)18(11-14(3)4)29(17-12-15(5)7-8-16(17)6)24(32)21-19(25)20(22(26)30)28-33-21/h7-8,12-14,18H,9-11,25H2,1-6H3,(H2,26,30)(H,27,31)/t18-/m0/s1. The van der Waals surface area contributed by atoms with Crippen molar-refractivity contribution in [1.29, 1.82) is 0 Å². The van der Waals surface area contributed by atoms with E-state index in [0.717, 1.165) is 29.1 Å². The summed E-state index contributed by atoms with van der Waals surface area (Å²) in [5.74, 6) is -0.917. The lowest BCUT2D eigenvalue weighted by atomic mass is 9.98. The molecule has 33 heavy (non-hydrogen) atoms. The molecule has 0 unspecified atom stereocenters. The van der Waals surface area contributed by atoms with Crippen molar-refractivity contribution in [1.82, 2.24) is 9.69 Å². The Hall–Kier alpha value is -2.94. The lowest BCUT2D eigenvalue weighted by molar-refractivity contribution is -0.122. The number of rotatable bonds is 10. The number of anilines is 2. The molecule has 0 aliphatic carbocycles. The predicted octanol–water partition coefficient (Wildman–Crippen LogP) is 3.66. The Kier molecular flexibility index (Phi) is 8.99. The van der Waals surface area contributed by atoms with Crippen LogP contribution < -0.4 is 21.7 Å². The topological polar surface area (TPSA) is 131 Å². The zero-order valence-corrected chi connectivity index (χ0v) is 21.1. The van der Waals surface area contributed by atoms with E-state index in [4.69, 9.17) is 11.5 Å². The minimum atomic E-state index is -0.800. The second-order valence-corrected chi connectivity index (χ2v) is 10.00. The molecule has 9 heteroatoms. The first kappa shape index (κ1) is 26.3. The first-order valence-electron chi connectivity index (χ1n) is 11.2. The highest BCUT2D eigenvalue weighted by Gasteiger charge is 2.35. The van der Waals surface area contributed by atoms with Crippen LogP contribution in [0, 0.1) is 25.7 Å². The van der Waals surface area contributed by atoms with Gasteiger partial charge in [0.2, 0.25) is 5.91 Å². The molecule has 180 valence electrons. The van der Waals surface area contributed by atoms with Gasteiger partial charge in [0, 0.05) is 12.2 Å². The molecule has 0 aliphatic heterocycles. The Bertz CT molecular complexity index is 1020. The molecule has 2 rings (SSSR count). The van der Waals surface area contributed by atoms with Gasteiger partial charge >= 0.3 is 0 Å². The van der Waals surface area contributed by atoms with Gasteiger partial charge in [-0.15, -0.1) is 0 Å². The number of amides is 3. The van der Waals surface area contributed by atoms with E-state index in [1.54, 1.807) is 0 Å². The summed E-state index contributed by atoms with van der Waals surface area (Å²) in [4.78, 5) is 40.5. The second kappa shape index (κ2) is 11.3. The fourth-order valence-electron chi connectivity index (χ4n) is 3.51. The number of aromatic nitrogens is 1. The number of hydrogen-bond donors (Lipinski definition) is 3. The molecule has 2 aromatic rings. The van der Waals surface area contributed by atoms with E-state index in [-0.39, 0.29) is 28.1 Å². The maximum absolute atomic E-state index is 13.9. The van der Waals surface area contributed by atoms with Crippen molar-refractivity contribution in [2.24, 2.45) is 17.6 Å². The zero-order chi connectivity index (χ0) is 24.9. The molecule has 5 N–H and O–H groups in total. The van der Waals surface area contributed by atoms with Crippen molar-refractivity contribution in [2.75, 3.05) is 17.2 Å². The van der Waals surface area contributed by atoms with Crippen molar-refractivity contribution in [2.45, 2.75) is 60.4 Å². The average Bonchev–Trinajstić information content (AvgIpc) is 3.10. The van der Waals surface area contributed by atoms with Gasteiger partial charge in [-0.2, -0.15) is 4.37 Å². The normalized spacial score (nSPS) is 12.1. The summed E-state index contributed by atoms with van der Waals surface area (Å²) in [6, 6.07) is 4.99. The third-order valence-corrected chi connectivity index (χ3v) is 6.18. The molecule has 1 aromatic carbocycles. The number of nitrogens with two attached hydrogens (primary N) is 2. The molecule has 0 bridgehead atoms. The van der Waals surface area contributed by atoms with Gasteiger partial charge in [0.05, 0.1) is 5.69 Å². The van der Waals surface area contributed by atoms with Gasteiger partial charge in [-0.3, -0.25) is 19.3 Å². The Labute approximate surface area is 199 Å². The van der Waals surface area contributed by atoms with Gasteiger partial charge in [0.15, 0.2) is 5.69 Å². The SMILES string of the molecule is Cc1ccc(C)c(N(C(=O)c2snc(C(N)=O)c2N)[C@@H](CC(C)C)C(=O)NCCC(C)C)c1. The number of primary amides is 1. The fourth-order valence-corrected chi connectivity index (χ4v) is 4.26. The molecule has 0 fully saturated rings. The first-order chi connectivity index (χ1) is 15.4. The molecule has 0 saturated heterocycles. The van der Waals surface area contributed by atoms with E-state index in [9.17, 15) is 14.4 Å². The average molecular weight is 474 g/mol. The first-order valence-corrected chi connectivity index (χ1v) is 11.9. The van der Waals surface area contributed by atoms with E-state index in [0.29, 0.717) is 24.6 Å². The molecule has 0 aliphatic rings. The number of carbonyl (C=O) groups excluding carboxylic acids is 3. The van der Waals surface area contributed by atoms with Crippen LogP contribution in [-0.4, -0.2) is 34.7 Å². The van der Waals surface area contributed by atoms with Gasteiger partial charge in [-0.05, 0) is 67.3 Å². The molecular formula is C24H35N5O3S. The number of aryl methyl sites for hydroxylation is 2. The molecule has 0 radical (unpaired) electrons. The lowest BCUT2D eigenvalue weighted by Crippen LogP contribution is -2.51. The van der Waals surface area contributed by atoms with Gasteiger partial charge in [0.25, 0.3) is 11.8 Å². The van der Waals surface area contributed by atoms with Crippen LogP contribution in [0.3, 0.4) is 0 Å². The van der Waals surface area contributed by atoms with Crippen molar-refractivity contribution in [3.05, 3.63) is 39.9 Å². The summed E-state index contributed by atoms with van der Waals surface area (Å²) in [5.41, 5.74) is 13.7. The van der Waals surface area contributed by atoms with Crippen LogP contribution in [0.5, 0.6) is 0 Å². The van der Waals surface area contributed by atoms with E-state index in [2.05, 4.69) is 23.5 Å². The van der Waals surface area contributed by atoms with Crippen LogP contribution in [0.25, 0.3) is 0 Å². The number of benzene rings is 1. The summed E-state index contributed by atoms with van der Waals surface area (Å²) in [6.07, 6.45) is 1.29. The van der Waals surface area contributed by atoms with Gasteiger partial charge in [-0.25, -0.2) is 0 Å². The van der Waals surface area contributed by atoms with Crippen molar-refractivity contribution >= 4 is 40.6 Å². The Balaban J connectivity index is 2.60. The van der Waals surface area contributed by atoms with Gasteiger partial charge in [0.1, 0.15) is 10.9 Å². The molecular weight excluding hydrogens is 438 g/mol. The fraction of sp³-hybridized carbons (Fsp3) is 0.500. The molecule has 1 heterocycles. The van der Waals surface area contributed by atoms with Crippen LogP contribution >= 0.6 is 11.5 Å². The molecule has 0 spiro atoms. The van der Waals surface area contributed by atoms with Crippen LogP contribution in [-0.2, 0) is 4.79 Å². The zero-order valence-electron chi connectivity index (χ0n) is 20.3. The number of nitrogens with one attached hydrogen (secondary N) is 1. The monoisotopic (exact) mass is 473 g/mol. The molecule has 1 aromatic heterocycles. The quantitative estimate of drug-likeness (QED) is 0.484. The second-order valence-electron chi connectivity index (χ2n) is 9.22. The summed E-state index contributed by atoms with van der Waals surface area (Å²) < 4.78 is 3.98. The molecule has 3 amide bonds. The lowest BCUT2D eigenvalue weighted by Gasteiger charge is -2.33. The summed E-state index contributed by atoms with van der Waals surface area (Å²) in [6.45, 7) is 12.5. The third-order valence-electron chi connectivity index (χ3n) is 5.33. The van der Waals surface area contributed by atoms with E-state index >= 15 is 0 Å². The van der Waals surface area contributed by atoms with Crippen molar-refractivity contribution in [3.63, 3.8) is 0 Å². The van der Waals surface area contributed by atoms with E-state index in [1.807, 2.05) is 45.9 Å². The molecule has 0 saturated carbocycles. The third kappa shape index (κ3) is 6.54. The van der Waals surface area contributed by atoms with Crippen molar-refractivity contribution in [3.8, 4) is 0 Å². The van der Waals surface area contributed by atoms with Gasteiger partial charge in [-0.1, -0.05) is 39.8 Å². The summed E-state index contributed by atoms with van der Waals surface area (Å²) in [7, 11) is 0. The minimum Gasteiger partial charge on any atom is -0.395 e. The van der Waals surface area contributed by atoms with Crippen molar-refractivity contribution < 1.29 is 14.4 Å². The van der Waals surface area contributed by atoms with Crippen LogP contribution in [0.4, 0.5) is 11.4 Å². The molecule has 1 atom stereocenters. The number of carbonyl (C=O) groups is 3. The molecule has 8 nitrogen and oxygen atoms in total. The maximum Gasteiger partial charge on any atom is 0.272 e. The van der Waals surface area contributed by atoms with E-state index < -0.39 is 17.9 Å². The number of nitrogens with zero attached hydrogens (tertiary/aromatic N) is 2. The predicted molar refractivity (Wildman–Crippen MR) is 133 cm³/mol. The Morgan fingerprint density at radius 2 is 1.79 bits per heavy atom. The highest BCUT2D eigenvalue weighted by molar-refractivity contribution is 7.09. The highest BCUT2D eigenvalue weighted by Crippen LogP contribution is 2.31. The maximum atomic E-state index is 13.9. The smallest absolute Gasteiger partial charge is 0.272 e. The Morgan fingerprint density at radius 3 is 2.33 bits per heavy atom. The van der Waals surface area contributed by atoms with Crippen LogP contribution in [0.2, 0.25) is 0 Å². The van der Waals surface area contributed by atoms with Crippen LogP contribution in [0.1, 0.15) is 71.8 Å². The summed E-state index contributed by atoms with van der Waals surface area (Å²) in [5, 5.41) is 3.00. The number of hydrogen-bond acceptors (Lipinski definition) is 6. The highest BCUT2D eigenvalue weighted by atomic mass is 32.1. The number of nitrogen functional groups attached to an aromatic ring is 1.